The van der Waals surface area contributed by atoms with Crippen LogP contribution in [0.3, 0.4) is 0 Å². The molecule has 0 atom stereocenters. The molecule has 0 aliphatic rings. The van der Waals surface area contributed by atoms with Gasteiger partial charge in [-0.15, -0.1) is 0 Å². The Morgan fingerprint density at radius 1 is 1.24 bits per heavy atom. The first kappa shape index (κ1) is 11.6. The van der Waals surface area contributed by atoms with Crippen LogP contribution in [0.25, 0.3) is 11.0 Å². The Hall–Kier alpha value is -1.90. The van der Waals surface area contributed by atoms with Gasteiger partial charge < -0.3 is 4.42 Å². The number of carbonyl (C=O) groups is 1. The number of fused-ring (bicyclic) bond motifs is 1. The van der Waals surface area contributed by atoms with Crippen LogP contribution in [0, 0.1) is 0 Å². The molecule has 0 saturated heterocycles. The van der Waals surface area contributed by atoms with E-state index in [2.05, 4.69) is 13.8 Å². The third-order valence-electron chi connectivity index (χ3n) is 2.80. The molecular weight excluding hydrogens is 216 g/mol. The zero-order valence-corrected chi connectivity index (χ0v) is 10.1. The van der Waals surface area contributed by atoms with Crippen LogP contribution in [-0.4, -0.2) is 5.78 Å². The lowest BCUT2D eigenvalue weighted by Crippen LogP contribution is -2.11. The van der Waals surface area contributed by atoms with Crippen molar-refractivity contribution < 1.29 is 9.21 Å². The molecule has 3 nitrogen and oxygen atoms in total. The molecule has 0 bridgehead atoms. The van der Waals surface area contributed by atoms with Gasteiger partial charge in [0.2, 0.25) is 0 Å². The van der Waals surface area contributed by atoms with E-state index in [4.69, 9.17) is 4.42 Å². The first-order chi connectivity index (χ1) is 7.99. The summed E-state index contributed by atoms with van der Waals surface area (Å²) < 4.78 is 5.11. The van der Waals surface area contributed by atoms with Gasteiger partial charge in [0.25, 0.3) is 0 Å². The molecule has 0 spiro atoms. The third kappa shape index (κ3) is 2.13. The fraction of sp³-hybridized carbons (Fsp3) is 0.286. The summed E-state index contributed by atoms with van der Waals surface area (Å²) >= 11 is 0. The van der Waals surface area contributed by atoms with E-state index >= 15 is 0 Å². The van der Waals surface area contributed by atoms with Gasteiger partial charge in [-0.25, -0.2) is 4.79 Å². The normalized spacial score (nSPS) is 11.1. The predicted molar refractivity (Wildman–Crippen MR) is 66.6 cm³/mol. The van der Waals surface area contributed by atoms with Crippen molar-refractivity contribution in [3.05, 3.63) is 45.8 Å². The molecule has 88 valence electrons. The zero-order chi connectivity index (χ0) is 12.6. The Morgan fingerprint density at radius 3 is 2.53 bits per heavy atom. The summed E-state index contributed by atoms with van der Waals surface area (Å²) in [5, 5.41) is 0.793. The average Bonchev–Trinajstić information content (AvgIpc) is 2.27. The van der Waals surface area contributed by atoms with Gasteiger partial charge in [0.05, 0.1) is 0 Å². The SMILES string of the molecule is CC(=O)c1cc2cc(C(C)C)ccc2oc1=O. The van der Waals surface area contributed by atoms with Crippen molar-refractivity contribution in [2.24, 2.45) is 0 Å². The highest BCUT2D eigenvalue weighted by molar-refractivity contribution is 5.96. The first-order valence-electron chi connectivity index (χ1n) is 5.58. The van der Waals surface area contributed by atoms with E-state index in [-0.39, 0.29) is 11.3 Å². The molecule has 2 rings (SSSR count). The number of hydrogen-bond donors (Lipinski definition) is 0. The van der Waals surface area contributed by atoms with Gasteiger partial charge >= 0.3 is 5.63 Å². The fourth-order valence-electron chi connectivity index (χ4n) is 1.75. The van der Waals surface area contributed by atoms with Crippen LogP contribution >= 0.6 is 0 Å². The van der Waals surface area contributed by atoms with Crippen LogP contribution in [0.2, 0.25) is 0 Å². The number of ketones is 1. The van der Waals surface area contributed by atoms with Crippen LogP contribution in [-0.2, 0) is 0 Å². The van der Waals surface area contributed by atoms with Crippen molar-refractivity contribution >= 4 is 16.8 Å². The lowest BCUT2D eigenvalue weighted by Gasteiger charge is -2.06. The number of carbonyl (C=O) groups excluding carboxylic acids is 1. The van der Waals surface area contributed by atoms with Crippen LogP contribution in [0.1, 0.15) is 42.6 Å². The van der Waals surface area contributed by atoms with E-state index in [9.17, 15) is 9.59 Å². The second kappa shape index (κ2) is 4.17. The number of hydrogen-bond acceptors (Lipinski definition) is 3. The zero-order valence-electron chi connectivity index (χ0n) is 10.1. The summed E-state index contributed by atoms with van der Waals surface area (Å²) in [6, 6.07) is 7.27. The second-order valence-electron chi connectivity index (χ2n) is 4.46. The highest BCUT2D eigenvalue weighted by atomic mass is 16.4. The molecule has 0 aliphatic carbocycles. The molecule has 0 fully saturated rings. The number of rotatable bonds is 2. The fourth-order valence-corrected chi connectivity index (χ4v) is 1.75. The van der Waals surface area contributed by atoms with Gasteiger partial charge in [-0.3, -0.25) is 4.79 Å². The van der Waals surface area contributed by atoms with Crippen molar-refractivity contribution in [2.75, 3.05) is 0 Å². The highest BCUT2D eigenvalue weighted by Crippen LogP contribution is 2.21. The van der Waals surface area contributed by atoms with E-state index in [1.807, 2.05) is 12.1 Å². The van der Waals surface area contributed by atoms with E-state index in [1.54, 1.807) is 12.1 Å². The van der Waals surface area contributed by atoms with Gasteiger partial charge in [0, 0.05) is 5.39 Å². The maximum atomic E-state index is 11.5. The lowest BCUT2D eigenvalue weighted by atomic mass is 10.0. The smallest absolute Gasteiger partial charge is 0.347 e. The van der Waals surface area contributed by atoms with Gasteiger partial charge in [-0.1, -0.05) is 19.9 Å². The number of Topliss-reactive ketones (excluding diaryl/α,β-unsaturated/α-hetero) is 1. The molecule has 1 aromatic heterocycles. The molecule has 0 unspecified atom stereocenters. The van der Waals surface area contributed by atoms with Gasteiger partial charge in [0.1, 0.15) is 11.1 Å². The molecule has 1 heterocycles. The Bertz CT molecular complexity index is 635. The maximum Gasteiger partial charge on any atom is 0.347 e. The lowest BCUT2D eigenvalue weighted by molar-refractivity contribution is 0.101. The summed E-state index contributed by atoms with van der Waals surface area (Å²) in [4.78, 5) is 22.8. The summed E-state index contributed by atoms with van der Waals surface area (Å²) in [6.07, 6.45) is 0. The van der Waals surface area contributed by atoms with E-state index in [0.717, 1.165) is 10.9 Å². The Balaban J connectivity index is 2.72. The number of benzene rings is 1. The molecular formula is C14H14O3. The molecule has 1 aromatic carbocycles. The molecule has 2 aromatic rings. The van der Waals surface area contributed by atoms with Crippen LogP contribution in [0.4, 0.5) is 0 Å². The van der Waals surface area contributed by atoms with Gasteiger partial charge in [-0.2, -0.15) is 0 Å². The molecule has 0 N–H and O–H groups in total. The Kier molecular flexibility index (Phi) is 2.84. The summed E-state index contributed by atoms with van der Waals surface area (Å²) in [5.41, 5.74) is 1.21. The average molecular weight is 230 g/mol. The van der Waals surface area contributed by atoms with Crippen molar-refractivity contribution in [3.8, 4) is 0 Å². The van der Waals surface area contributed by atoms with Crippen molar-refractivity contribution in [1.82, 2.24) is 0 Å². The summed E-state index contributed by atoms with van der Waals surface area (Å²) in [7, 11) is 0. The molecule has 0 amide bonds. The van der Waals surface area contributed by atoms with E-state index in [0.29, 0.717) is 11.5 Å². The minimum Gasteiger partial charge on any atom is -0.422 e. The Morgan fingerprint density at radius 2 is 1.94 bits per heavy atom. The molecule has 3 heteroatoms. The minimum absolute atomic E-state index is 0.110. The Labute approximate surface area is 99.1 Å². The van der Waals surface area contributed by atoms with E-state index < -0.39 is 5.63 Å². The van der Waals surface area contributed by atoms with Crippen LogP contribution in [0.15, 0.2) is 33.5 Å². The quantitative estimate of drug-likeness (QED) is 0.588. The standard InChI is InChI=1S/C14H14O3/c1-8(2)10-4-5-13-11(6-10)7-12(9(3)15)14(16)17-13/h4-8H,1-3H3. The topological polar surface area (TPSA) is 47.3 Å². The summed E-state index contributed by atoms with van der Waals surface area (Å²) in [5.74, 6) is 0.128. The van der Waals surface area contributed by atoms with Gasteiger partial charge in [0.15, 0.2) is 5.78 Å². The van der Waals surface area contributed by atoms with Crippen molar-refractivity contribution in [1.29, 1.82) is 0 Å². The van der Waals surface area contributed by atoms with Crippen molar-refractivity contribution in [2.45, 2.75) is 26.7 Å². The highest BCUT2D eigenvalue weighted by Gasteiger charge is 2.10. The minimum atomic E-state index is -0.567. The van der Waals surface area contributed by atoms with E-state index in [1.165, 1.54) is 6.92 Å². The van der Waals surface area contributed by atoms with Crippen LogP contribution in [0.5, 0.6) is 0 Å². The maximum absolute atomic E-state index is 11.5. The monoisotopic (exact) mass is 230 g/mol. The predicted octanol–water partition coefficient (Wildman–Crippen LogP) is 3.12. The largest absolute Gasteiger partial charge is 0.422 e. The van der Waals surface area contributed by atoms with Gasteiger partial charge in [-0.05, 0) is 36.6 Å². The van der Waals surface area contributed by atoms with Crippen LogP contribution < -0.4 is 5.63 Å². The first-order valence-corrected chi connectivity index (χ1v) is 5.58. The molecule has 0 aliphatic heterocycles. The summed E-state index contributed by atoms with van der Waals surface area (Å²) in [6.45, 7) is 5.54. The third-order valence-corrected chi connectivity index (χ3v) is 2.80. The molecule has 0 radical (unpaired) electrons. The molecule has 0 saturated carbocycles. The second-order valence-corrected chi connectivity index (χ2v) is 4.46. The molecule has 17 heavy (non-hydrogen) atoms. The van der Waals surface area contributed by atoms with Crippen molar-refractivity contribution in [3.63, 3.8) is 0 Å².